The zero-order valence-corrected chi connectivity index (χ0v) is 113. The van der Waals surface area contributed by atoms with Gasteiger partial charge in [-0.1, -0.05) is 374 Å². The molecule has 146 heavy (non-hydrogen) atoms. The molecule has 0 saturated carbocycles. The molecule has 9 nitrogen and oxygen atoms in total. The van der Waals surface area contributed by atoms with Gasteiger partial charge in [0.25, 0.3) is 0 Å². The first-order chi connectivity index (χ1) is 66.8. The smallest absolute Gasteiger partial charge is 0.120 e. The average molecular weight is 2670 g/mol. The molecular weight excluding hydrogens is 2510 g/mol. The van der Waals surface area contributed by atoms with Crippen molar-refractivity contribution in [3.63, 3.8) is 0 Å². The van der Waals surface area contributed by atoms with Gasteiger partial charge in [0.05, 0.1) is 36.6 Å². The van der Waals surface area contributed by atoms with Crippen molar-refractivity contribution in [2.24, 2.45) is 5.92 Å². The Labute approximate surface area is 925 Å². The third-order valence-corrected chi connectivity index (χ3v) is 243. The van der Waals surface area contributed by atoms with Crippen LogP contribution in [0.1, 0.15) is 58.4 Å². The molecule has 3 radical (unpaired) electrons. The molecule has 0 aliphatic carbocycles. The van der Waals surface area contributed by atoms with Crippen molar-refractivity contribution in [2.75, 3.05) is 0 Å². The van der Waals surface area contributed by atoms with E-state index in [0.717, 1.165) is 140 Å². The first-order valence-electron chi connectivity index (χ1n) is 51.0. The largest absolute Gasteiger partial charge is 0.501 e. The maximum absolute atomic E-state index is 6.38. The average Bonchev–Trinajstić information content (AvgIpc) is 1.43. The van der Waals surface area contributed by atoms with Gasteiger partial charge in [0, 0.05) is 182 Å². The van der Waals surface area contributed by atoms with Gasteiger partial charge in [-0.15, -0.1) is 161 Å². The second-order valence-corrected chi connectivity index (χ2v) is 170. The summed E-state index contributed by atoms with van der Waals surface area (Å²) < 4.78 is 18.9. The molecule has 0 unspecified atom stereocenters. The molecule has 0 aliphatic rings. The van der Waals surface area contributed by atoms with Gasteiger partial charge < -0.3 is 43.2 Å². The standard InChI is InChI=1S/C30H44NOSi4.C27H38NOSi4.C26H36NOSi4.3C13H12N.3Ir/c1-22(2)19-23-20-27(26-17-14-16-25-24-15-12-13-18-28(24)32-30(25)26)31-21-29(23)36(33(3,4)5,34(6,7)8)35(9,10)11;1-20-18-24(23-16-13-15-22-21-14-11-12-17-25(21)29-27(22)23)28-19-26(20)33(30(2,3)4,31(5,6)7)32(8,9)10;1-29(2,3)32(30(4,5)6,31(7,8)9)20-17-18-24(27-19-20)23-15-12-14-22-21-13-10-11-16-25(21)28-26(22)23;3*1-10-3-5-12(6-4-10)13-9-11(2)7-8-14-13;;;/h12-16,18,20-22H,19H2,1-11H3;11-15,17-19H,1-10H3;10-14,16-19H,1-9H3;3*3-5,7-9H,1-2H3;;;/q6*-1;;;. The van der Waals surface area contributed by atoms with Crippen LogP contribution in [0.3, 0.4) is 0 Å². The van der Waals surface area contributed by atoms with Gasteiger partial charge >= 0.3 is 0 Å². The fourth-order valence-electron chi connectivity index (χ4n) is 27.0. The molecule has 0 fully saturated rings. The van der Waals surface area contributed by atoms with Crippen LogP contribution in [0.15, 0.2) is 275 Å². The maximum atomic E-state index is 6.38. The first-order valence-corrected chi connectivity index (χ1v) is 97.5. The monoisotopic (exact) mass is 2670 g/mol. The van der Waals surface area contributed by atoms with Crippen LogP contribution in [0.25, 0.3) is 133 Å². The minimum atomic E-state index is -1.77. The zero-order chi connectivity index (χ0) is 105. The van der Waals surface area contributed by atoms with E-state index in [2.05, 4.69) is 449 Å². The van der Waals surface area contributed by atoms with Crippen molar-refractivity contribution in [1.82, 2.24) is 29.9 Å². The summed E-state index contributed by atoms with van der Waals surface area (Å²) in [5, 5.41) is 11.8. The van der Waals surface area contributed by atoms with E-state index >= 15 is 0 Å². The van der Waals surface area contributed by atoms with E-state index in [9.17, 15) is 0 Å². The number of para-hydroxylation sites is 3. The Morgan fingerprint density at radius 2 is 0.555 bits per heavy atom. The molecule has 9 aromatic carbocycles. The summed E-state index contributed by atoms with van der Waals surface area (Å²) in [4.78, 5) is 28.4. The molecule has 0 N–H and O–H groups in total. The van der Waals surface area contributed by atoms with Crippen LogP contribution in [0, 0.1) is 90.8 Å². The van der Waals surface area contributed by atoms with Gasteiger partial charge in [-0.2, -0.15) is 0 Å². The number of hydrogen-bond acceptors (Lipinski definition) is 9. The number of aryl methyl sites for hydroxylation is 7. The molecule has 24 heteroatoms. The fourth-order valence-corrected chi connectivity index (χ4v) is 328. The van der Waals surface area contributed by atoms with Crippen LogP contribution in [0.2, 0.25) is 177 Å². The minimum absolute atomic E-state index is 0. The van der Waals surface area contributed by atoms with Gasteiger partial charge in [-0.25, -0.2) is 0 Å². The fraction of sp³-hybridized carbons (Fsp3) is 0.311. The third kappa shape index (κ3) is 25.1. The molecule has 0 bridgehead atoms. The molecule has 0 amide bonds. The quantitative estimate of drug-likeness (QED) is 0.0543. The van der Waals surface area contributed by atoms with Crippen molar-refractivity contribution < 1.29 is 73.6 Å². The van der Waals surface area contributed by atoms with E-state index in [1.807, 2.05) is 104 Å². The summed E-state index contributed by atoms with van der Waals surface area (Å²) in [6.07, 6.45) is 13.5. The summed E-state index contributed by atoms with van der Waals surface area (Å²) in [5.41, 5.74) is 27.8. The van der Waals surface area contributed by atoms with Crippen molar-refractivity contribution in [3.05, 3.63) is 343 Å². The number of benzene rings is 9. The van der Waals surface area contributed by atoms with Crippen molar-refractivity contribution in [2.45, 2.75) is 246 Å². The summed E-state index contributed by atoms with van der Waals surface area (Å²) in [6.45, 7) is 85.8. The molecule has 0 spiro atoms. The molecule has 9 heterocycles. The first kappa shape index (κ1) is 120. The molecule has 771 valence electrons. The molecule has 18 aromatic rings. The van der Waals surface area contributed by atoms with E-state index in [-0.39, 0.29) is 60.3 Å². The van der Waals surface area contributed by atoms with Crippen molar-refractivity contribution in [3.8, 4) is 67.5 Å². The van der Waals surface area contributed by atoms with Gasteiger partial charge in [0.2, 0.25) is 0 Å². The molecule has 0 aliphatic heterocycles. The molecular formula is C122H154Ir3N6O3Si12-6. The van der Waals surface area contributed by atoms with Crippen LogP contribution in [-0.4, -0.2) is 118 Å². The Morgan fingerprint density at radius 3 is 0.836 bits per heavy atom. The summed E-state index contributed by atoms with van der Waals surface area (Å²) in [5.74, 6) is 0.599. The van der Waals surface area contributed by atoms with E-state index in [0.29, 0.717) is 5.92 Å². The van der Waals surface area contributed by atoms with Crippen LogP contribution >= 0.6 is 0 Å². The Hall–Kier alpha value is -8.17. The van der Waals surface area contributed by atoms with E-state index in [1.165, 1.54) is 38.9 Å². The Balaban J connectivity index is 0.000000186. The SMILES string of the molecule is CC(C)Cc1cc(-c2[c-]ccc3c2oc2ccccc23)ncc1[Si]([Si](C)(C)C)([Si](C)(C)C)[Si](C)(C)C.C[Si](C)(C)[Si](c1ccc(-c2[c-]ccc3c2oc2ccccc23)nc1)([Si](C)(C)C)[Si](C)(C)C.Cc1c[c-]c(-c2cc(C)ccn2)cc1.Cc1c[c-]c(-c2cc(C)ccn2)cc1.Cc1c[c-]c(-c2cc(C)ccn2)cc1.Cc1cc(-c2[c-]ccc3c2oc2ccccc23)ncc1[Si]([Si](C)(C)C)([Si](C)(C)C)[Si](C)(C)C.[Ir].[Ir].[Ir]. The number of furan rings is 3. The summed E-state index contributed by atoms with van der Waals surface area (Å²) in [7, 11) is -13.1. The topological polar surface area (TPSA) is 117 Å². The zero-order valence-electron chi connectivity index (χ0n) is 93.5. The Morgan fingerprint density at radius 1 is 0.260 bits per heavy atom. The van der Waals surface area contributed by atoms with E-state index in [4.69, 9.17) is 28.2 Å². The molecule has 9 aromatic heterocycles. The van der Waals surface area contributed by atoms with Crippen molar-refractivity contribution >= 4 is 170 Å². The van der Waals surface area contributed by atoms with E-state index < -0.39 is 88.2 Å². The molecule has 18 rings (SSSR count). The predicted octanol–water partition coefficient (Wildman–Crippen LogP) is 33.1. The van der Waals surface area contributed by atoms with E-state index in [1.54, 1.807) is 21.1 Å². The van der Waals surface area contributed by atoms with Crippen LogP contribution < -0.4 is 15.6 Å². The van der Waals surface area contributed by atoms with Crippen LogP contribution in [-0.2, 0) is 66.7 Å². The normalized spacial score (nSPS) is 12.4. The minimum Gasteiger partial charge on any atom is -0.501 e. The van der Waals surface area contributed by atoms with Crippen LogP contribution in [0.5, 0.6) is 0 Å². The number of nitrogens with zero attached hydrogens (tertiary/aromatic N) is 6. The van der Waals surface area contributed by atoms with Gasteiger partial charge in [-0.05, 0) is 121 Å². The van der Waals surface area contributed by atoms with Gasteiger partial charge in [0.1, 0.15) is 16.7 Å². The summed E-state index contributed by atoms with van der Waals surface area (Å²) in [6, 6.07) is 97.2. The predicted molar refractivity (Wildman–Crippen MR) is 651 cm³/mol. The Kier molecular flexibility index (Phi) is 38.8. The van der Waals surface area contributed by atoms with Crippen LogP contribution in [0.4, 0.5) is 0 Å². The number of pyridine rings is 6. The molecule has 0 atom stereocenters. The van der Waals surface area contributed by atoms with Crippen molar-refractivity contribution in [1.29, 1.82) is 0 Å². The molecule has 0 saturated heterocycles. The summed E-state index contributed by atoms with van der Waals surface area (Å²) >= 11 is 0. The number of rotatable bonds is 20. The van der Waals surface area contributed by atoms with Gasteiger partial charge in [0.15, 0.2) is 0 Å². The number of aromatic nitrogens is 6. The maximum Gasteiger partial charge on any atom is 0.120 e. The Bertz CT molecular complexity index is 7200. The number of hydrogen-bond donors (Lipinski definition) is 0. The number of fused-ring (bicyclic) bond motifs is 9. The van der Waals surface area contributed by atoms with Gasteiger partial charge in [-0.3, -0.25) is 0 Å². The third-order valence-electron chi connectivity index (χ3n) is 29.1. The second kappa shape index (κ2) is 47.4. The second-order valence-electron chi connectivity index (χ2n) is 49.2.